The first-order valence-electron chi connectivity index (χ1n) is 5.37. The summed E-state index contributed by atoms with van der Waals surface area (Å²) < 4.78 is 22.6. The van der Waals surface area contributed by atoms with Crippen molar-refractivity contribution in [1.82, 2.24) is 0 Å². The molecule has 0 amide bonds. The molecule has 0 saturated carbocycles. The summed E-state index contributed by atoms with van der Waals surface area (Å²) >= 11 is 0. The molecule has 0 aromatic carbocycles. The molecule has 0 aliphatic heterocycles. The van der Waals surface area contributed by atoms with Gasteiger partial charge in [0.2, 0.25) is 0 Å². The molecule has 2 nitrogen and oxygen atoms in total. The lowest BCUT2D eigenvalue weighted by molar-refractivity contribution is 0.607. The molecule has 0 radical (unpaired) electrons. The van der Waals surface area contributed by atoms with Crippen LogP contribution in [0.25, 0.3) is 0 Å². The monoisotopic (exact) mass is 228 g/mol. The minimum Gasteiger partial charge on any atom is -0.223 e. The summed E-state index contributed by atoms with van der Waals surface area (Å²) in [4.78, 5) is 0. The van der Waals surface area contributed by atoms with E-state index in [9.17, 15) is 8.42 Å². The van der Waals surface area contributed by atoms with Crippen LogP contribution >= 0.6 is 0 Å². The first-order valence-corrected chi connectivity index (χ1v) is 7.08. The maximum Gasteiger partial charge on any atom is 0.182 e. The van der Waals surface area contributed by atoms with Gasteiger partial charge >= 0.3 is 0 Å². The Kier molecular flexibility index (Phi) is 8.06. The smallest absolute Gasteiger partial charge is 0.182 e. The van der Waals surface area contributed by atoms with E-state index in [1.54, 1.807) is 25.2 Å². The van der Waals surface area contributed by atoms with Gasteiger partial charge in [0.05, 0.1) is 11.2 Å². The summed E-state index contributed by atoms with van der Waals surface area (Å²) in [7, 11) is -3.09. The highest BCUT2D eigenvalue weighted by Crippen LogP contribution is 1.99. The Labute approximate surface area is 93.3 Å². The minimum absolute atomic E-state index is 0.0687. The van der Waals surface area contributed by atoms with Gasteiger partial charge < -0.3 is 0 Å². The van der Waals surface area contributed by atoms with Gasteiger partial charge in [-0.3, -0.25) is 0 Å². The Balaban J connectivity index is 4.03. The summed E-state index contributed by atoms with van der Waals surface area (Å²) in [6.45, 7) is 3.95. The van der Waals surface area contributed by atoms with Crippen molar-refractivity contribution >= 4 is 9.84 Å². The lowest BCUT2D eigenvalue weighted by Gasteiger charge is -1.90. The Morgan fingerprint density at radius 1 is 1.27 bits per heavy atom. The molecule has 0 aromatic heterocycles. The van der Waals surface area contributed by atoms with E-state index >= 15 is 0 Å². The van der Waals surface area contributed by atoms with Gasteiger partial charge in [0.15, 0.2) is 9.84 Å². The number of unbranched alkanes of at least 4 members (excludes halogenated alkanes) is 3. The number of allylic oxidation sites excluding steroid dienone is 2. The molecule has 0 saturated heterocycles. The van der Waals surface area contributed by atoms with Crippen molar-refractivity contribution in [2.24, 2.45) is 0 Å². The summed E-state index contributed by atoms with van der Waals surface area (Å²) in [5.74, 6) is 0.0687. The second-order valence-corrected chi connectivity index (χ2v) is 5.28. The maximum atomic E-state index is 11.3. The fraction of sp³-hybridized carbons (Fsp3) is 0.583. The van der Waals surface area contributed by atoms with Crippen LogP contribution in [0.15, 0.2) is 29.4 Å². The van der Waals surface area contributed by atoms with Crippen LogP contribution in [0, 0.1) is 0 Å². The van der Waals surface area contributed by atoms with Crippen LogP contribution in [0.1, 0.15) is 39.5 Å². The SMILES string of the molecule is C/C=C/CS(=O)(=O)C=C=CCCCCC. The molecule has 0 aliphatic rings. The third-order valence-electron chi connectivity index (χ3n) is 1.88. The number of rotatable bonds is 7. The molecular formula is C12H20O2S. The van der Waals surface area contributed by atoms with Crippen LogP contribution in [0.2, 0.25) is 0 Å². The molecule has 86 valence electrons. The Morgan fingerprint density at radius 3 is 2.60 bits per heavy atom. The predicted octanol–water partition coefficient (Wildman–Crippen LogP) is 3.23. The maximum absolute atomic E-state index is 11.3. The molecule has 3 heteroatoms. The summed E-state index contributed by atoms with van der Waals surface area (Å²) in [5.41, 5.74) is 2.72. The lowest BCUT2D eigenvalue weighted by atomic mass is 10.2. The van der Waals surface area contributed by atoms with E-state index in [0.717, 1.165) is 12.8 Å². The second-order valence-electron chi connectivity index (χ2n) is 3.38. The van der Waals surface area contributed by atoms with Crippen molar-refractivity contribution in [1.29, 1.82) is 0 Å². The fourth-order valence-electron chi connectivity index (χ4n) is 1.01. The zero-order chi connectivity index (χ0) is 11.6. The van der Waals surface area contributed by atoms with E-state index in [2.05, 4.69) is 12.7 Å². The predicted molar refractivity (Wildman–Crippen MR) is 65.4 cm³/mol. The topological polar surface area (TPSA) is 34.1 Å². The van der Waals surface area contributed by atoms with Crippen molar-refractivity contribution in [3.63, 3.8) is 0 Å². The average Bonchev–Trinajstić information content (AvgIpc) is 2.20. The first-order chi connectivity index (χ1) is 7.12. The molecule has 0 rings (SSSR count). The lowest BCUT2D eigenvalue weighted by Crippen LogP contribution is -1.97. The minimum atomic E-state index is -3.09. The van der Waals surface area contributed by atoms with E-state index in [4.69, 9.17) is 0 Å². The van der Waals surface area contributed by atoms with Crippen LogP contribution in [0.5, 0.6) is 0 Å². The van der Waals surface area contributed by atoms with Gasteiger partial charge in [-0.2, -0.15) is 0 Å². The number of sulfone groups is 1. The van der Waals surface area contributed by atoms with Crippen molar-refractivity contribution in [2.75, 3.05) is 5.75 Å². The van der Waals surface area contributed by atoms with Crippen LogP contribution in [0.3, 0.4) is 0 Å². The Bertz CT molecular complexity index is 331. The molecule has 0 spiro atoms. The largest absolute Gasteiger partial charge is 0.223 e. The molecule has 0 aliphatic carbocycles. The van der Waals surface area contributed by atoms with Crippen LogP contribution in [0.4, 0.5) is 0 Å². The van der Waals surface area contributed by atoms with Crippen molar-refractivity contribution < 1.29 is 8.42 Å². The summed E-state index contributed by atoms with van der Waals surface area (Å²) in [6.07, 6.45) is 9.53. The molecule has 0 aromatic rings. The molecule has 0 N–H and O–H groups in total. The number of hydrogen-bond donors (Lipinski definition) is 0. The molecule has 0 fully saturated rings. The molecule has 0 heterocycles. The molecule has 0 unspecified atom stereocenters. The standard InChI is InChI=1S/C12H20O2S/c1-3-5-7-8-9-10-12-15(13,14)11-6-4-2/h4,6,9,12H,3,5,7-8,11H2,1-2H3/b6-4+. The highest BCUT2D eigenvalue weighted by molar-refractivity contribution is 7.94. The van der Waals surface area contributed by atoms with E-state index in [-0.39, 0.29) is 5.75 Å². The van der Waals surface area contributed by atoms with Crippen LogP contribution < -0.4 is 0 Å². The van der Waals surface area contributed by atoms with E-state index in [1.807, 2.05) is 0 Å². The Hall–Kier alpha value is -0.790. The quantitative estimate of drug-likeness (QED) is 0.381. The van der Waals surface area contributed by atoms with E-state index in [0.29, 0.717) is 0 Å². The van der Waals surface area contributed by atoms with Gasteiger partial charge in [-0.15, -0.1) is 5.73 Å². The van der Waals surface area contributed by atoms with Crippen molar-refractivity contribution in [3.05, 3.63) is 29.4 Å². The third-order valence-corrected chi connectivity index (χ3v) is 3.03. The number of hydrogen-bond acceptors (Lipinski definition) is 2. The van der Waals surface area contributed by atoms with Crippen molar-refractivity contribution in [2.45, 2.75) is 39.5 Å². The summed E-state index contributed by atoms with van der Waals surface area (Å²) in [6, 6.07) is 0. The normalized spacial score (nSPS) is 11.3. The van der Waals surface area contributed by atoms with Gasteiger partial charge in [-0.25, -0.2) is 8.42 Å². The van der Waals surface area contributed by atoms with E-state index < -0.39 is 9.84 Å². The molecule has 15 heavy (non-hydrogen) atoms. The van der Waals surface area contributed by atoms with Gasteiger partial charge in [0.1, 0.15) is 0 Å². The Morgan fingerprint density at radius 2 is 2.00 bits per heavy atom. The first kappa shape index (κ1) is 14.2. The van der Waals surface area contributed by atoms with Gasteiger partial charge in [0.25, 0.3) is 0 Å². The highest BCUT2D eigenvalue weighted by atomic mass is 32.2. The zero-order valence-electron chi connectivity index (χ0n) is 9.57. The van der Waals surface area contributed by atoms with E-state index in [1.165, 1.54) is 18.2 Å². The molecular weight excluding hydrogens is 208 g/mol. The molecule has 0 atom stereocenters. The van der Waals surface area contributed by atoms with Gasteiger partial charge in [-0.05, 0) is 25.8 Å². The summed E-state index contributed by atoms with van der Waals surface area (Å²) in [5, 5.41) is 1.17. The zero-order valence-corrected chi connectivity index (χ0v) is 10.4. The third kappa shape index (κ3) is 9.51. The van der Waals surface area contributed by atoms with Crippen LogP contribution in [-0.2, 0) is 9.84 Å². The molecule has 0 bridgehead atoms. The second kappa shape index (κ2) is 8.51. The highest BCUT2D eigenvalue weighted by Gasteiger charge is 2.00. The van der Waals surface area contributed by atoms with Gasteiger partial charge in [0, 0.05) is 0 Å². The van der Waals surface area contributed by atoms with Gasteiger partial charge in [-0.1, -0.05) is 31.9 Å². The fourth-order valence-corrected chi connectivity index (χ4v) is 1.87. The average molecular weight is 228 g/mol. The van der Waals surface area contributed by atoms with Crippen LogP contribution in [-0.4, -0.2) is 14.2 Å². The van der Waals surface area contributed by atoms with Crippen molar-refractivity contribution in [3.8, 4) is 0 Å².